The maximum Gasteiger partial charge on any atom is 0.337 e. The Bertz CT molecular complexity index is 668. The van der Waals surface area contributed by atoms with Gasteiger partial charge in [0.05, 0.1) is 17.9 Å². The number of ether oxygens (including phenoxy) is 1. The van der Waals surface area contributed by atoms with Crippen LogP contribution in [0.5, 0.6) is 0 Å². The minimum atomic E-state index is -1.34. The highest BCUT2D eigenvalue weighted by molar-refractivity contribution is 5.89. The Morgan fingerprint density at radius 1 is 1.17 bits per heavy atom. The fourth-order valence-corrected chi connectivity index (χ4v) is 4.07. The molecule has 1 N–H and O–H groups in total. The Labute approximate surface area is 175 Å². The first-order chi connectivity index (χ1) is 13.7. The number of hydrogen-bond acceptors (Lipinski definition) is 6. The molecule has 0 amide bonds. The van der Waals surface area contributed by atoms with Crippen molar-refractivity contribution in [2.75, 3.05) is 6.61 Å². The van der Waals surface area contributed by atoms with Crippen molar-refractivity contribution in [3.05, 3.63) is 35.9 Å². The molecule has 0 spiro atoms. The van der Waals surface area contributed by atoms with Crippen molar-refractivity contribution in [3.8, 4) is 0 Å². The topological polar surface area (TPSA) is 63.5 Å². The van der Waals surface area contributed by atoms with E-state index in [9.17, 15) is 5.11 Å². The summed E-state index contributed by atoms with van der Waals surface area (Å²) in [5.41, 5.74) is 1.55. The summed E-state index contributed by atoms with van der Waals surface area (Å²) in [4.78, 5) is 11.9. The lowest BCUT2D eigenvalue weighted by Crippen LogP contribution is -2.66. The highest BCUT2D eigenvalue weighted by Gasteiger charge is 2.53. The quantitative estimate of drug-likeness (QED) is 0.460. The first kappa shape index (κ1) is 23.8. The van der Waals surface area contributed by atoms with Gasteiger partial charge in [0.25, 0.3) is 0 Å². The van der Waals surface area contributed by atoms with E-state index in [1.807, 2.05) is 18.2 Å². The molecule has 0 bridgehead atoms. The fraction of sp³-hybridized carbons (Fsp3) is 0.696. The summed E-state index contributed by atoms with van der Waals surface area (Å²) in [6.45, 7) is 13.8. The van der Waals surface area contributed by atoms with Crippen LogP contribution in [0.3, 0.4) is 0 Å². The summed E-state index contributed by atoms with van der Waals surface area (Å²) in [6, 6.07) is 10.3. The van der Waals surface area contributed by atoms with E-state index in [-0.39, 0.29) is 23.1 Å². The molecule has 5 unspecified atom stereocenters. The maximum absolute atomic E-state index is 9.75. The number of aliphatic hydroxyl groups is 1. The van der Waals surface area contributed by atoms with Crippen molar-refractivity contribution in [1.29, 1.82) is 0 Å². The normalized spacial score (nSPS) is 31.6. The summed E-state index contributed by atoms with van der Waals surface area (Å²) in [6.07, 6.45) is 2.41. The van der Waals surface area contributed by atoms with Gasteiger partial charge in [-0.05, 0) is 46.1 Å². The number of benzene rings is 1. The van der Waals surface area contributed by atoms with E-state index in [0.717, 1.165) is 24.1 Å². The van der Waals surface area contributed by atoms with Gasteiger partial charge in [0.2, 0.25) is 0 Å². The first-order valence-corrected chi connectivity index (χ1v) is 10.8. The number of aliphatic hydroxyl groups excluding tert-OH is 1. The van der Waals surface area contributed by atoms with Crippen molar-refractivity contribution in [1.82, 2.24) is 5.06 Å². The second-order valence-corrected chi connectivity index (χ2v) is 8.36. The molecular formula is C23H38N2O4. The van der Waals surface area contributed by atoms with Gasteiger partial charge >= 0.3 is 6.48 Å². The van der Waals surface area contributed by atoms with Gasteiger partial charge in [-0.25, -0.2) is 0 Å². The smallest absolute Gasteiger partial charge is 0.335 e. The largest absolute Gasteiger partial charge is 0.337 e. The average molecular weight is 407 g/mol. The van der Waals surface area contributed by atoms with E-state index in [1.54, 1.807) is 6.92 Å². The molecule has 1 aromatic rings. The molecule has 2 rings (SSSR count). The number of oxime groups is 1. The van der Waals surface area contributed by atoms with E-state index in [1.165, 1.54) is 0 Å². The van der Waals surface area contributed by atoms with Crippen molar-refractivity contribution >= 4 is 5.71 Å². The number of hydroxylamine groups is 2. The summed E-state index contributed by atoms with van der Waals surface area (Å²) in [5, 5.41) is 16.3. The Kier molecular flexibility index (Phi) is 8.23. The number of rotatable bonds is 9. The summed E-state index contributed by atoms with van der Waals surface area (Å²) in [7, 11) is 0. The molecule has 164 valence electrons. The standard InChI is InChI=1S/C23H38N2O4/c1-8-22(6)16-20(24-28-21(26)27-10-3)17(4)23(7,9-2)25(22)29-18(5)19-14-12-11-13-15-19/h11-15,17-18,21,26H,8-10,16H2,1-7H3/b24-20-. The molecule has 0 radical (unpaired) electrons. The van der Waals surface area contributed by atoms with E-state index in [0.29, 0.717) is 13.0 Å². The Balaban J connectivity index is 2.33. The molecule has 1 aromatic carbocycles. The lowest BCUT2D eigenvalue weighted by atomic mass is 9.70. The molecule has 0 saturated carbocycles. The second kappa shape index (κ2) is 10.0. The van der Waals surface area contributed by atoms with Gasteiger partial charge in [0, 0.05) is 17.9 Å². The van der Waals surface area contributed by atoms with Crippen LogP contribution < -0.4 is 0 Å². The highest BCUT2D eigenvalue weighted by Crippen LogP contribution is 2.46. The minimum Gasteiger partial charge on any atom is -0.335 e. The zero-order valence-electron chi connectivity index (χ0n) is 19.0. The molecule has 1 aliphatic rings. The third-order valence-electron chi connectivity index (χ3n) is 6.53. The number of hydrogen-bond donors (Lipinski definition) is 1. The SMILES string of the molecule is CCOC(O)O/N=C1/CC(C)(CC)N(OC(C)c2ccccc2)C(C)(CC)C1C. The van der Waals surface area contributed by atoms with Crippen LogP contribution in [0.2, 0.25) is 0 Å². The van der Waals surface area contributed by atoms with Gasteiger partial charge in [0.15, 0.2) is 0 Å². The predicted molar refractivity (Wildman–Crippen MR) is 115 cm³/mol. The van der Waals surface area contributed by atoms with E-state index in [4.69, 9.17) is 14.4 Å². The number of piperidine rings is 1. The lowest BCUT2D eigenvalue weighted by Gasteiger charge is -2.57. The Morgan fingerprint density at radius 3 is 2.38 bits per heavy atom. The van der Waals surface area contributed by atoms with E-state index < -0.39 is 6.48 Å². The van der Waals surface area contributed by atoms with Crippen LogP contribution in [0.25, 0.3) is 0 Å². The maximum atomic E-state index is 9.75. The Morgan fingerprint density at radius 2 is 1.83 bits per heavy atom. The van der Waals surface area contributed by atoms with Crippen LogP contribution in [-0.4, -0.2) is 40.0 Å². The molecule has 6 nitrogen and oxygen atoms in total. The first-order valence-electron chi connectivity index (χ1n) is 10.8. The van der Waals surface area contributed by atoms with Crippen LogP contribution in [0.1, 0.15) is 79.4 Å². The van der Waals surface area contributed by atoms with E-state index in [2.05, 4.69) is 63.9 Å². The highest BCUT2D eigenvalue weighted by atomic mass is 16.9. The molecule has 1 saturated heterocycles. The molecule has 29 heavy (non-hydrogen) atoms. The molecule has 1 heterocycles. The molecule has 6 heteroatoms. The van der Waals surface area contributed by atoms with Crippen LogP contribution in [-0.2, 0) is 14.4 Å². The minimum absolute atomic E-state index is 0.0605. The average Bonchev–Trinajstić information content (AvgIpc) is 2.73. The lowest BCUT2D eigenvalue weighted by molar-refractivity contribution is -0.310. The molecule has 5 atom stereocenters. The van der Waals surface area contributed by atoms with Gasteiger partial charge in [-0.2, -0.15) is 5.06 Å². The fourth-order valence-electron chi connectivity index (χ4n) is 4.07. The van der Waals surface area contributed by atoms with Crippen molar-refractivity contribution in [2.24, 2.45) is 11.1 Å². The van der Waals surface area contributed by atoms with Crippen LogP contribution in [0, 0.1) is 5.92 Å². The van der Waals surface area contributed by atoms with Crippen molar-refractivity contribution < 1.29 is 19.5 Å². The molecular weight excluding hydrogens is 368 g/mol. The zero-order chi connectivity index (χ0) is 21.7. The molecule has 0 aliphatic carbocycles. The molecule has 0 aromatic heterocycles. The van der Waals surface area contributed by atoms with Crippen LogP contribution in [0.15, 0.2) is 35.5 Å². The molecule has 1 fully saturated rings. The van der Waals surface area contributed by atoms with Gasteiger partial charge in [-0.15, -0.1) is 0 Å². The summed E-state index contributed by atoms with van der Waals surface area (Å²) < 4.78 is 5.04. The van der Waals surface area contributed by atoms with Gasteiger partial charge < -0.3 is 14.7 Å². The van der Waals surface area contributed by atoms with Gasteiger partial charge in [0.1, 0.15) is 6.10 Å². The monoisotopic (exact) mass is 406 g/mol. The number of nitrogens with zero attached hydrogens (tertiary/aromatic N) is 2. The third-order valence-corrected chi connectivity index (χ3v) is 6.53. The third kappa shape index (κ3) is 5.18. The van der Waals surface area contributed by atoms with Gasteiger partial charge in [-0.3, -0.25) is 4.84 Å². The van der Waals surface area contributed by atoms with Crippen molar-refractivity contribution in [2.45, 2.75) is 91.4 Å². The van der Waals surface area contributed by atoms with Gasteiger partial charge in [-0.1, -0.05) is 56.3 Å². The Hall–Kier alpha value is -1.47. The zero-order valence-corrected chi connectivity index (χ0v) is 19.0. The van der Waals surface area contributed by atoms with Crippen LogP contribution >= 0.6 is 0 Å². The van der Waals surface area contributed by atoms with E-state index >= 15 is 0 Å². The summed E-state index contributed by atoms with van der Waals surface area (Å²) in [5.74, 6) is 0.0870. The van der Waals surface area contributed by atoms with Crippen LogP contribution in [0.4, 0.5) is 0 Å². The van der Waals surface area contributed by atoms with Crippen molar-refractivity contribution in [3.63, 3.8) is 0 Å². The predicted octanol–water partition coefficient (Wildman–Crippen LogP) is 5.04. The molecule has 1 aliphatic heterocycles. The second-order valence-electron chi connectivity index (χ2n) is 8.36. The summed E-state index contributed by atoms with van der Waals surface area (Å²) >= 11 is 0.